The zero-order chi connectivity index (χ0) is 11.7. The van der Waals surface area contributed by atoms with Gasteiger partial charge in [0.25, 0.3) is 0 Å². The highest BCUT2D eigenvalue weighted by Crippen LogP contribution is 2.22. The number of fused-ring (bicyclic) bond motifs is 1. The third-order valence-corrected chi connectivity index (χ3v) is 3.11. The maximum atomic E-state index is 11.0. The summed E-state index contributed by atoms with van der Waals surface area (Å²) >= 11 is 0. The lowest BCUT2D eigenvalue weighted by atomic mass is 9.98. The van der Waals surface area contributed by atoms with E-state index < -0.39 is 5.97 Å². The first kappa shape index (κ1) is 14.0. The van der Waals surface area contributed by atoms with E-state index in [-0.39, 0.29) is 18.3 Å². The van der Waals surface area contributed by atoms with Crippen molar-refractivity contribution in [1.29, 1.82) is 0 Å². The van der Waals surface area contributed by atoms with Gasteiger partial charge in [0, 0.05) is 24.9 Å². The molecule has 0 saturated heterocycles. The van der Waals surface area contributed by atoms with Crippen LogP contribution in [0.5, 0.6) is 0 Å². The third kappa shape index (κ3) is 3.00. The predicted octanol–water partition coefficient (Wildman–Crippen LogP) is 2.15. The van der Waals surface area contributed by atoms with Crippen molar-refractivity contribution in [1.82, 2.24) is 9.55 Å². The zero-order valence-corrected chi connectivity index (χ0v) is 11.0. The normalized spacial score (nSPS) is 18.6. The van der Waals surface area contributed by atoms with E-state index in [1.165, 1.54) is 5.69 Å². The fraction of sp³-hybridized carbons (Fsp3) is 0.667. The summed E-state index contributed by atoms with van der Waals surface area (Å²) in [5, 5.41) is 9.04. The Balaban J connectivity index is 0.00000144. The Morgan fingerprint density at radius 3 is 2.94 bits per heavy atom. The van der Waals surface area contributed by atoms with Gasteiger partial charge in [-0.2, -0.15) is 0 Å². The van der Waals surface area contributed by atoms with Crippen LogP contribution in [0.3, 0.4) is 0 Å². The van der Waals surface area contributed by atoms with Gasteiger partial charge in [-0.25, -0.2) is 4.98 Å². The molecule has 17 heavy (non-hydrogen) atoms. The number of imidazole rings is 1. The summed E-state index contributed by atoms with van der Waals surface area (Å²) in [4.78, 5) is 15.4. The van der Waals surface area contributed by atoms with E-state index in [1.807, 2.05) is 6.20 Å². The van der Waals surface area contributed by atoms with Gasteiger partial charge in [0.1, 0.15) is 5.82 Å². The first-order valence-corrected chi connectivity index (χ1v) is 5.84. The van der Waals surface area contributed by atoms with Crippen LogP contribution in [0, 0.1) is 11.8 Å². The number of carboxylic acid groups (broad SMARTS) is 1. The zero-order valence-electron chi connectivity index (χ0n) is 10.2. The van der Waals surface area contributed by atoms with Gasteiger partial charge in [-0.05, 0) is 18.8 Å². The van der Waals surface area contributed by atoms with E-state index in [1.54, 1.807) is 0 Å². The number of aryl methyl sites for hydroxylation is 1. The average molecular weight is 259 g/mol. The fourth-order valence-corrected chi connectivity index (χ4v) is 2.24. The summed E-state index contributed by atoms with van der Waals surface area (Å²) in [6.45, 7) is 4.89. The van der Waals surface area contributed by atoms with Crippen molar-refractivity contribution >= 4 is 18.4 Å². The largest absolute Gasteiger partial charge is 0.481 e. The Bertz CT molecular complexity index is 401. The van der Waals surface area contributed by atoms with Gasteiger partial charge in [0.2, 0.25) is 0 Å². The minimum atomic E-state index is -0.685. The number of aromatic nitrogens is 2. The summed E-state index contributed by atoms with van der Waals surface area (Å²) in [5.41, 5.74) is 1.19. The number of hydrogen-bond donors (Lipinski definition) is 1. The minimum absolute atomic E-state index is 0. The molecule has 0 radical (unpaired) electrons. The van der Waals surface area contributed by atoms with E-state index in [9.17, 15) is 4.79 Å². The van der Waals surface area contributed by atoms with Crippen LogP contribution >= 0.6 is 12.4 Å². The molecule has 96 valence electrons. The van der Waals surface area contributed by atoms with Crippen LogP contribution in [0.2, 0.25) is 0 Å². The highest BCUT2D eigenvalue weighted by Gasteiger charge is 2.26. The standard InChI is InChI=1S/C12H18N2O2.ClH/c1-8(2)5-11-13-6-10-4-3-9(12(15)16)7-14(10)11;/h6,8-9H,3-5,7H2,1-2H3,(H,15,16);1H. The predicted molar refractivity (Wildman–Crippen MR) is 67.5 cm³/mol. The van der Waals surface area contributed by atoms with Gasteiger partial charge in [-0.1, -0.05) is 13.8 Å². The second-order valence-corrected chi connectivity index (χ2v) is 4.95. The van der Waals surface area contributed by atoms with E-state index in [0.29, 0.717) is 12.5 Å². The van der Waals surface area contributed by atoms with Gasteiger partial charge in [0.05, 0.1) is 5.92 Å². The lowest BCUT2D eigenvalue weighted by molar-refractivity contribution is -0.142. The Kier molecular flexibility index (Phi) is 4.57. The summed E-state index contributed by atoms with van der Waals surface area (Å²) in [5.74, 6) is 0.662. The van der Waals surface area contributed by atoms with Crippen molar-refractivity contribution in [3.05, 3.63) is 17.7 Å². The molecule has 0 fully saturated rings. The van der Waals surface area contributed by atoms with Crippen molar-refractivity contribution in [3.8, 4) is 0 Å². The molecule has 0 spiro atoms. The minimum Gasteiger partial charge on any atom is -0.481 e. The van der Waals surface area contributed by atoms with E-state index in [2.05, 4.69) is 23.4 Å². The Morgan fingerprint density at radius 1 is 1.65 bits per heavy atom. The molecule has 4 nitrogen and oxygen atoms in total. The van der Waals surface area contributed by atoms with Crippen LogP contribution in [-0.2, 0) is 24.2 Å². The molecule has 1 aromatic rings. The lowest BCUT2D eigenvalue weighted by Gasteiger charge is -2.22. The van der Waals surface area contributed by atoms with E-state index >= 15 is 0 Å². The first-order chi connectivity index (χ1) is 7.58. The van der Waals surface area contributed by atoms with Gasteiger partial charge in [0.15, 0.2) is 0 Å². The molecule has 0 aliphatic carbocycles. The number of aliphatic carboxylic acids is 1. The second kappa shape index (κ2) is 5.54. The summed E-state index contributed by atoms with van der Waals surface area (Å²) in [7, 11) is 0. The SMILES string of the molecule is CC(C)Cc1ncc2n1CC(C(=O)O)CC2.Cl. The first-order valence-electron chi connectivity index (χ1n) is 5.84. The Hall–Kier alpha value is -1.03. The average Bonchev–Trinajstić information content (AvgIpc) is 2.60. The molecule has 0 bridgehead atoms. The van der Waals surface area contributed by atoms with Crippen LogP contribution in [0.1, 0.15) is 31.8 Å². The van der Waals surface area contributed by atoms with Crippen LogP contribution in [0.25, 0.3) is 0 Å². The van der Waals surface area contributed by atoms with Gasteiger partial charge in [-0.15, -0.1) is 12.4 Å². The number of halogens is 1. The number of hydrogen-bond acceptors (Lipinski definition) is 2. The molecular formula is C12H19ClN2O2. The van der Waals surface area contributed by atoms with Crippen molar-refractivity contribution in [2.75, 3.05) is 0 Å². The van der Waals surface area contributed by atoms with Gasteiger partial charge >= 0.3 is 5.97 Å². The van der Waals surface area contributed by atoms with Crippen molar-refractivity contribution in [3.63, 3.8) is 0 Å². The quantitative estimate of drug-likeness (QED) is 0.904. The molecule has 5 heteroatoms. The molecular weight excluding hydrogens is 240 g/mol. The van der Waals surface area contributed by atoms with Crippen molar-refractivity contribution in [2.24, 2.45) is 11.8 Å². The molecule has 1 aromatic heterocycles. The van der Waals surface area contributed by atoms with Gasteiger partial charge in [-0.3, -0.25) is 4.79 Å². The maximum Gasteiger partial charge on any atom is 0.308 e. The molecule has 2 heterocycles. The molecule has 1 aliphatic heterocycles. The molecule has 1 atom stereocenters. The van der Waals surface area contributed by atoms with Crippen molar-refractivity contribution in [2.45, 2.75) is 39.7 Å². The maximum absolute atomic E-state index is 11.0. The van der Waals surface area contributed by atoms with Crippen LogP contribution < -0.4 is 0 Å². The topological polar surface area (TPSA) is 55.1 Å². The number of rotatable bonds is 3. The molecule has 1 unspecified atom stereocenters. The smallest absolute Gasteiger partial charge is 0.308 e. The van der Waals surface area contributed by atoms with Crippen LogP contribution in [0.15, 0.2) is 6.20 Å². The summed E-state index contributed by atoms with van der Waals surface area (Å²) < 4.78 is 2.10. The molecule has 0 aromatic carbocycles. The fourth-order valence-electron chi connectivity index (χ4n) is 2.24. The molecule has 2 rings (SSSR count). The summed E-state index contributed by atoms with van der Waals surface area (Å²) in [6, 6.07) is 0. The van der Waals surface area contributed by atoms with E-state index in [4.69, 9.17) is 5.11 Å². The third-order valence-electron chi connectivity index (χ3n) is 3.11. The highest BCUT2D eigenvalue weighted by atomic mass is 35.5. The number of nitrogens with zero attached hydrogens (tertiary/aromatic N) is 2. The second-order valence-electron chi connectivity index (χ2n) is 4.95. The van der Waals surface area contributed by atoms with Crippen LogP contribution in [0.4, 0.5) is 0 Å². The number of carboxylic acids is 1. The molecule has 1 N–H and O–H groups in total. The van der Waals surface area contributed by atoms with E-state index in [0.717, 1.165) is 25.1 Å². The Morgan fingerprint density at radius 2 is 2.35 bits per heavy atom. The Labute approximate surface area is 107 Å². The van der Waals surface area contributed by atoms with Crippen LogP contribution in [-0.4, -0.2) is 20.6 Å². The number of carbonyl (C=O) groups is 1. The molecule has 0 amide bonds. The lowest BCUT2D eigenvalue weighted by Crippen LogP contribution is -2.27. The molecule has 1 aliphatic rings. The van der Waals surface area contributed by atoms with Crippen molar-refractivity contribution < 1.29 is 9.90 Å². The highest BCUT2D eigenvalue weighted by molar-refractivity contribution is 5.85. The monoisotopic (exact) mass is 258 g/mol. The molecule has 0 saturated carbocycles. The van der Waals surface area contributed by atoms with Gasteiger partial charge < -0.3 is 9.67 Å². The summed E-state index contributed by atoms with van der Waals surface area (Å²) in [6.07, 6.45) is 4.40.